The van der Waals surface area contributed by atoms with Crippen LogP contribution in [0, 0.1) is 0 Å². The molecule has 0 aliphatic rings. The molecule has 0 aliphatic carbocycles. The van der Waals surface area contributed by atoms with E-state index >= 15 is 0 Å². The first-order valence-corrected chi connectivity index (χ1v) is 3.97. The number of aromatic nitrogens is 3. The van der Waals surface area contributed by atoms with Crippen molar-refractivity contribution in [3.8, 4) is 0 Å². The molecule has 0 bridgehead atoms. The Balaban J connectivity index is 2.38. The standard InChI is InChI=1S/C8H14N4/c1-7(2)4-3-5-12-10-6-8(9)11-12/h4,6H,3,5H2,1-2H3,(H2,9,11). The van der Waals surface area contributed by atoms with E-state index in [1.54, 1.807) is 11.0 Å². The summed E-state index contributed by atoms with van der Waals surface area (Å²) in [5, 5.41) is 7.93. The highest BCUT2D eigenvalue weighted by Crippen LogP contribution is 1.96. The van der Waals surface area contributed by atoms with Gasteiger partial charge in [0.25, 0.3) is 0 Å². The van der Waals surface area contributed by atoms with Gasteiger partial charge >= 0.3 is 0 Å². The van der Waals surface area contributed by atoms with Gasteiger partial charge in [-0.2, -0.15) is 9.90 Å². The number of hydrogen-bond acceptors (Lipinski definition) is 3. The van der Waals surface area contributed by atoms with Crippen LogP contribution in [0.2, 0.25) is 0 Å². The molecule has 0 saturated carbocycles. The van der Waals surface area contributed by atoms with Crippen molar-refractivity contribution < 1.29 is 0 Å². The molecule has 0 amide bonds. The zero-order valence-electron chi connectivity index (χ0n) is 7.49. The molecule has 12 heavy (non-hydrogen) atoms. The first-order chi connectivity index (χ1) is 5.68. The summed E-state index contributed by atoms with van der Waals surface area (Å²) < 4.78 is 0. The second kappa shape index (κ2) is 3.90. The third-order valence-electron chi connectivity index (χ3n) is 1.44. The van der Waals surface area contributed by atoms with E-state index in [0.717, 1.165) is 13.0 Å². The third-order valence-corrected chi connectivity index (χ3v) is 1.44. The Morgan fingerprint density at radius 1 is 1.67 bits per heavy atom. The molecule has 0 spiro atoms. The third kappa shape index (κ3) is 2.74. The van der Waals surface area contributed by atoms with Crippen molar-refractivity contribution in [2.24, 2.45) is 0 Å². The van der Waals surface area contributed by atoms with E-state index in [9.17, 15) is 0 Å². The van der Waals surface area contributed by atoms with Gasteiger partial charge in [0.2, 0.25) is 0 Å². The summed E-state index contributed by atoms with van der Waals surface area (Å²) in [7, 11) is 0. The molecule has 0 saturated heterocycles. The molecule has 1 aromatic rings. The Labute approximate surface area is 72.1 Å². The molecule has 1 aromatic heterocycles. The Kier molecular flexibility index (Phi) is 2.85. The number of nitrogens with zero attached hydrogens (tertiary/aromatic N) is 3. The van der Waals surface area contributed by atoms with Crippen LogP contribution in [0.15, 0.2) is 17.8 Å². The lowest BCUT2D eigenvalue weighted by Gasteiger charge is -1.94. The number of nitrogen functional groups attached to an aromatic ring is 1. The minimum absolute atomic E-state index is 0.479. The van der Waals surface area contributed by atoms with Gasteiger partial charge in [-0.25, -0.2) is 0 Å². The zero-order valence-corrected chi connectivity index (χ0v) is 7.49. The quantitative estimate of drug-likeness (QED) is 0.687. The fraction of sp³-hybridized carbons (Fsp3) is 0.500. The minimum Gasteiger partial charge on any atom is -0.381 e. The minimum atomic E-state index is 0.479. The molecule has 1 heterocycles. The summed E-state index contributed by atoms with van der Waals surface area (Å²) in [5.74, 6) is 0.479. The van der Waals surface area contributed by atoms with Gasteiger partial charge in [-0.15, -0.1) is 5.10 Å². The highest BCUT2D eigenvalue weighted by molar-refractivity contribution is 5.19. The molecule has 4 heteroatoms. The number of allylic oxidation sites excluding steroid dienone is 2. The average Bonchev–Trinajstić information content (AvgIpc) is 2.35. The van der Waals surface area contributed by atoms with Gasteiger partial charge in [-0.1, -0.05) is 11.6 Å². The van der Waals surface area contributed by atoms with Gasteiger partial charge in [-0.3, -0.25) is 0 Å². The summed E-state index contributed by atoms with van der Waals surface area (Å²) in [6, 6.07) is 0. The van der Waals surface area contributed by atoms with Crippen LogP contribution < -0.4 is 5.73 Å². The molecule has 0 fully saturated rings. The van der Waals surface area contributed by atoms with Gasteiger partial charge in [0.1, 0.15) is 0 Å². The summed E-state index contributed by atoms with van der Waals surface area (Å²) in [5.41, 5.74) is 6.72. The van der Waals surface area contributed by atoms with Crippen molar-refractivity contribution in [2.45, 2.75) is 26.8 Å². The number of aryl methyl sites for hydroxylation is 1. The van der Waals surface area contributed by atoms with Gasteiger partial charge in [0.05, 0.1) is 12.7 Å². The van der Waals surface area contributed by atoms with Gasteiger partial charge in [0, 0.05) is 0 Å². The number of hydrogen-bond donors (Lipinski definition) is 1. The van der Waals surface area contributed by atoms with Gasteiger partial charge in [0.15, 0.2) is 5.82 Å². The van der Waals surface area contributed by atoms with E-state index in [-0.39, 0.29) is 0 Å². The average molecular weight is 166 g/mol. The summed E-state index contributed by atoms with van der Waals surface area (Å²) >= 11 is 0. The van der Waals surface area contributed by atoms with E-state index in [2.05, 4.69) is 30.1 Å². The van der Waals surface area contributed by atoms with Crippen LogP contribution in [-0.2, 0) is 6.54 Å². The predicted molar refractivity (Wildman–Crippen MR) is 48.5 cm³/mol. The van der Waals surface area contributed by atoms with Crippen LogP contribution in [-0.4, -0.2) is 15.0 Å². The largest absolute Gasteiger partial charge is 0.381 e. The summed E-state index contributed by atoms with van der Waals surface area (Å²) in [4.78, 5) is 1.61. The van der Waals surface area contributed by atoms with Crippen LogP contribution in [0.5, 0.6) is 0 Å². The van der Waals surface area contributed by atoms with Crippen molar-refractivity contribution in [3.05, 3.63) is 17.8 Å². The number of nitrogens with two attached hydrogens (primary N) is 1. The van der Waals surface area contributed by atoms with Gasteiger partial charge < -0.3 is 5.73 Å². The van der Waals surface area contributed by atoms with Crippen LogP contribution in [0.4, 0.5) is 5.82 Å². The predicted octanol–water partition coefficient (Wildman–Crippen LogP) is 1.22. The molecule has 2 N–H and O–H groups in total. The van der Waals surface area contributed by atoms with Crippen LogP contribution in [0.3, 0.4) is 0 Å². The fourth-order valence-corrected chi connectivity index (χ4v) is 0.887. The van der Waals surface area contributed by atoms with E-state index in [1.165, 1.54) is 5.57 Å². The molecule has 1 rings (SSSR count). The maximum Gasteiger partial charge on any atom is 0.165 e. The Morgan fingerprint density at radius 2 is 2.42 bits per heavy atom. The smallest absolute Gasteiger partial charge is 0.165 e. The van der Waals surface area contributed by atoms with Crippen molar-refractivity contribution in [3.63, 3.8) is 0 Å². The summed E-state index contributed by atoms with van der Waals surface area (Å²) in [6.45, 7) is 4.94. The van der Waals surface area contributed by atoms with Crippen LogP contribution in [0.25, 0.3) is 0 Å². The number of rotatable bonds is 3. The molecule has 0 aromatic carbocycles. The Bertz CT molecular complexity index is 270. The monoisotopic (exact) mass is 166 g/mol. The van der Waals surface area contributed by atoms with E-state index in [0.29, 0.717) is 5.82 Å². The second-order valence-corrected chi connectivity index (χ2v) is 2.94. The Morgan fingerprint density at radius 3 is 2.92 bits per heavy atom. The normalized spacial score (nSPS) is 9.83. The highest BCUT2D eigenvalue weighted by Gasteiger charge is 1.93. The lowest BCUT2D eigenvalue weighted by atomic mass is 10.3. The highest BCUT2D eigenvalue weighted by atomic mass is 15.5. The maximum atomic E-state index is 5.40. The van der Waals surface area contributed by atoms with Crippen LogP contribution >= 0.6 is 0 Å². The second-order valence-electron chi connectivity index (χ2n) is 2.94. The van der Waals surface area contributed by atoms with E-state index < -0.39 is 0 Å². The molecule has 0 radical (unpaired) electrons. The Hall–Kier alpha value is -1.32. The molecular formula is C8H14N4. The topological polar surface area (TPSA) is 56.7 Å². The SMILES string of the molecule is CC(C)=CCCn1ncc(N)n1. The lowest BCUT2D eigenvalue weighted by Crippen LogP contribution is -2.01. The van der Waals surface area contributed by atoms with Gasteiger partial charge in [-0.05, 0) is 20.3 Å². The molecule has 4 nitrogen and oxygen atoms in total. The molecule has 66 valence electrons. The molecule has 0 atom stereocenters. The van der Waals surface area contributed by atoms with Crippen molar-refractivity contribution >= 4 is 5.82 Å². The fourth-order valence-electron chi connectivity index (χ4n) is 0.887. The molecule has 0 aliphatic heterocycles. The maximum absolute atomic E-state index is 5.40. The summed E-state index contributed by atoms with van der Waals surface area (Å²) in [6.07, 6.45) is 4.67. The first kappa shape index (κ1) is 8.77. The van der Waals surface area contributed by atoms with Crippen molar-refractivity contribution in [2.75, 3.05) is 5.73 Å². The van der Waals surface area contributed by atoms with E-state index in [1.807, 2.05) is 0 Å². The van der Waals surface area contributed by atoms with Crippen molar-refractivity contribution in [1.29, 1.82) is 0 Å². The van der Waals surface area contributed by atoms with E-state index in [4.69, 9.17) is 5.73 Å². The number of anilines is 1. The zero-order chi connectivity index (χ0) is 8.97. The molecule has 0 unspecified atom stereocenters. The first-order valence-electron chi connectivity index (χ1n) is 3.97. The molecular weight excluding hydrogens is 152 g/mol. The lowest BCUT2D eigenvalue weighted by molar-refractivity contribution is 0.544. The van der Waals surface area contributed by atoms with Crippen LogP contribution in [0.1, 0.15) is 20.3 Å². The van der Waals surface area contributed by atoms with Crippen molar-refractivity contribution in [1.82, 2.24) is 15.0 Å².